The van der Waals surface area contributed by atoms with Crippen molar-refractivity contribution in [3.05, 3.63) is 58.9 Å². The van der Waals surface area contributed by atoms with Crippen LogP contribution in [0.1, 0.15) is 27.3 Å². The van der Waals surface area contributed by atoms with Crippen LogP contribution in [0.15, 0.2) is 36.4 Å². The van der Waals surface area contributed by atoms with E-state index in [1.807, 2.05) is 13.8 Å². The lowest BCUT2D eigenvalue weighted by Gasteiger charge is -2.10. The van der Waals surface area contributed by atoms with Gasteiger partial charge in [0, 0.05) is 16.5 Å². The number of hydrogen-bond donors (Lipinski definition) is 2. The summed E-state index contributed by atoms with van der Waals surface area (Å²) in [5, 5.41) is 17.9. The van der Waals surface area contributed by atoms with Crippen LogP contribution in [0.3, 0.4) is 0 Å². The Hall–Kier alpha value is -3.81. The van der Waals surface area contributed by atoms with Crippen LogP contribution in [0.5, 0.6) is 0 Å². The normalized spacial score (nSPS) is 11.1. The van der Waals surface area contributed by atoms with Crippen molar-refractivity contribution in [3.63, 3.8) is 0 Å². The molecule has 0 atom stereocenters. The molecule has 0 aliphatic heterocycles. The van der Waals surface area contributed by atoms with E-state index in [9.17, 15) is 4.79 Å². The largest absolute Gasteiger partial charge is 0.455 e. The summed E-state index contributed by atoms with van der Waals surface area (Å²) in [6.45, 7) is 3.73. The summed E-state index contributed by atoms with van der Waals surface area (Å²) >= 11 is 0. The topological polar surface area (TPSA) is 130 Å². The summed E-state index contributed by atoms with van der Waals surface area (Å²) in [5.74, 6) is -0.482. The zero-order valence-corrected chi connectivity index (χ0v) is 15.4. The van der Waals surface area contributed by atoms with E-state index < -0.39 is 5.97 Å². The van der Waals surface area contributed by atoms with Gasteiger partial charge in [0.05, 0.1) is 28.0 Å². The molecule has 2 aromatic carbocycles. The molecule has 140 valence electrons. The number of hydrogen-bond acceptors (Lipinski definition) is 8. The first-order chi connectivity index (χ1) is 13.4. The van der Waals surface area contributed by atoms with Crippen molar-refractivity contribution in [3.8, 4) is 0 Å². The first-order valence-corrected chi connectivity index (χ1v) is 8.65. The van der Waals surface area contributed by atoms with E-state index in [0.29, 0.717) is 33.5 Å². The molecule has 0 spiro atoms. The second-order valence-electron chi connectivity index (χ2n) is 6.56. The number of carbonyl (C=O) groups is 1. The minimum Gasteiger partial charge on any atom is -0.455 e. The van der Waals surface area contributed by atoms with Gasteiger partial charge in [-0.15, -0.1) is 10.2 Å². The fraction of sp³-hybridized carbons (Fsp3) is 0.150. The molecule has 0 saturated heterocycles. The van der Waals surface area contributed by atoms with Gasteiger partial charge >= 0.3 is 5.97 Å². The number of benzene rings is 2. The molecule has 0 aliphatic rings. The first kappa shape index (κ1) is 17.6. The Morgan fingerprint density at radius 3 is 2.46 bits per heavy atom. The highest BCUT2D eigenvalue weighted by molar-refractivity contribution is 5.96. The number of esters is 1. The monoisotopic (exact) mass is 374 g/mol. The highest BCUT2D eigenvalue weighted by Crippen LogP contribution is 2.24. The van der Waals surface area contributed by atoms with Gasteiger partial charge in [-0.3, -0.25) is 0 Å². The van der Waals surface area contributed by atoms with Gasteiger partial charge in [0.25, 0.3) is 0 Å². The number of ether oxygens (including phenoxy) is 1. The van der Waals surface area contributed by atoms with Gasteiger partial charge in [-0.05, 0) is 55.8 Å². The Morgan fingerprint density at radius 1 is 0.929 bits per heavy atom. The van der Waals surface area contributed by atoms with E-state index in [4.69, 9.17) is 16.2 Å². The van der Waals surface area contributed by atoms with Gasteiger partial charge in [-0.2, -0.15) is 10.2 Å². The molecule has 4 N–H and O–H groups in total. The second-order valence-corrected chi connectivity index (χ2v) is 6.56. The van der Waals surface area contributed by atoms with Gasteiger partial charge in [-0.25, -0.2) is 4.79 Å². The Bertz CT molecular complexity index is 1240. The zero-order chi connectivity index (χ0) is 19.8. The van der Waals surface area contributed by atoms with E-state index in [2.05, 4.69) is 20.4 Å². The maximum absolute atomic E-state index is 12.5. The molecule has 4 rings (SSSR count). The summed E-state index contributed by atoms with van der Waals surface area (Å²) in [6.07, 6.45) is 0. The van der Waals surface area contributed by atoms with Gasteiger partial charge in [0.15, 0.2) is 0 Å². The predicted octanol–water partition coefficient (Wildman–Crippen LogP) is 2.71. The molecule has 0 fully saturated rings. The number of fused-ring (bicyclic) bond motifs is 2. The maximum atomic E-state index is 12.5. The molecule has 28 heavy (non-hydrogen) atoms. The average molecular weight is 374 g/mol. The van der Waals surface area contributed by atoms with Crippen molar-refractivity contribution in [2.75, 3.05) is 11.5 Å². The Kier molecular flexibility index (Phi) is 4.23. The van der Waals surface area contributed by atoms with Crippen LogP contribution in [0.25, 0.3) is 21.8 Å². The van der Waals surface area contributed by atoms with E-state index in [0.717, 1.165) is 22.2 Å². The van der Waals surface area contributed by atoms with E-state index in [-0.39, 0.29) is 6.61 Å². The number of nitrogens with zero attached hydrogens (tertiary/aromatic N) is 4. The predicted molar refractivity (Wildman–Crippen MR) is 106 cm³/mol. The number of aryl methyl sites for hydroxylation is 2. The van der Waals surface area contributed by atoms with Crippen LogP contribution in [0.2, 0.25) is 0 Å². The summed E-state index contributed by atoms with van der Waals surface area (Å²) in [6, 6.07) is 10.4. The molecular formula is C20H18N6O2. The number of nitrogen functional groups attached to an aromatic ring is 2. The molecule has 0 bridgehead atoms. The number of anilines is 2. The number of rotatable bonds is 3. The fourth-order valence-electron chi connectivity index (χ4n) is 2.95. The molecule has 8 heteroatoms. The first-order valence-electron chi connectivity index (χ1n) is 8.65. The quantitative estimate of drug-likeness (QED) is 0.413. The highest BCUT2D eigenvalue weighted by Gasteiger charge is 2.14. The van der Waals surface area contributed by atoms with E-state index in [1.165, 1.54) is 0 Å². The SMILES string of the molecule is Cc1nnc2ccc(C(=O)OCc3nnc4ccc(N)cc4c3N)cc2c1C. The number of aromatic nitrogens is 4. The number of carbonyl (C=O) groups excluding carboxylic acids is 1. The molecule has 0 amide bonds. The summed E-state index contributed by atoms with van der Waals surface area (Å²) in [4.78, 5) is 12.5. The van der Waals surface area contributed by atoms with Crippen LogP contribution in [0, 0.1) is 13.8 Å². The molecule has 0 aliphatic carbocycles. The molecule has 2 aromatic heterocycles. The lowest BCUT2D eigenvalue weighted by molar-refractivity contribution is 0.0468. The fourth-order valence-corrected chi connectivity index (χ4v) is 2.95. The third-order valence-electron chi connectivity index (χ3n) is 4.73. The highest BCUT2D eigenvalue weighted by atomic mass is 16.5. The third kappa shape index (κ3) is 3.05. The third-order valence-corrected chi connectivity index (χ3v) is 4.73. The van der Waals surface area contributed by atoms with E-state index >= 15 is 0 Å². The second kappa shape index (κ2) is 6.73. The summed E-state index contributed by atoms with van der Waals surface area (Å²) in [7, 11) is 0. The molecule has 4 aromatic rings. The van der Waals surface area contributed by atoms with Crippen molar-refractivity contribution in [2.24, 2.45) is 0 Å². The van der Waals surface area contributed by atoms with Crippen LogP contribution in [-0.2, 0) is 11.3 Å². The average Bonchev–Trinajstić information content (AvgIpc) is 2.70. The smallest absolute Gasteiger partial charge is 0.338 e. The van der Waals surface area contributed by atoms with Crippen LogP contribution >= 0.6 is 0 Å². The van der Waals surface area contributed by atoms with Crippen LogP contribution in [0.4, 0.5) is 11.4 Å². The summed E-state index contributed by atoms with van der Waals surface area (Å²) < 4.78 is 5.40. The molecule has 8 nitrogen and oxygen atoms in total. The van der Waals surface area contributed by atoms with Gasteiger partial charge < -0.3 is 16.2 Å². The Labute approximate surface area is 160 Å². The van der Waals surface area contributed by atoms with Crippen molar-refractivity contribution >= 4 is 39.1 Å². The maximum Gasteiger partial charge on any atom is 0.338 e. The lowest BCUT2D eigenvalue weighted by atomic mass is 10.1. The van der Waals surface area contributed by atoms with Crippen LogP contribution < -0.4 is 11.5 Å². The van der Waals surface area contributed by atoms with Crippen molar-refractivity contribution in [1.82, 2.24) is 20.4 Å². The van der Waals surface area contributed by atoms with E-state index in [1.54, 1.807) is 36.4 Å². The summed E-state index contributed by atoms with van der Waals surface area (Å²) in [5.41, 5.74) is 16.9. The van der Waals surface area contributed by atoms with Gasteiger partial charge in [-0.1, -0.05) is 0 Å². The molecular weight excluding hydrogens is 356 g/mol. The number of nitrogens with two attached hydrogens (primary N) is 2. The minimum atomic E-state index is -0.482. The lowest BCUT2D eigenvalue weighted by Crippen LogP contribution is -2.09. The molecule has 0 unspecified atom stereocenters. The van der Waals surface area contributed by atoms with Gasteiger partial charge in [0.2, 0.25) is 0 Å². The molecule has 0 saturated carbocycles. The van der Waals surface area contributed by atoms with Gasteiger partial charge in [0.1, 0.15) is 12.3 Å². The zero-order valence-electron chi connectivity index (χ0n) is 15.4. The molecule has 2 heterocycles. The minimum absolute atomic E-state index is 0.0902. The van der Waals surface area contributed by atoms with Crippen molar-refractivity contribution < 1.29 is 9.53 Å². The molecule has 0 radical (unpaired) electrons. The van der Waals surface area contributed by atoms with Crippen molar-refractivity contribution in [2.45, 2.75) is 20.5 Å². The Morgan fingerprint density at radius 2 is 1.64 bits per heavy atom. The standard InChI is InChI=1S/C20H18N6O2/c1-10-11(2)23-24-16-5-3-12(7-14(10)16)20(27)28-9-18-19(22)15-8-13(21)4-6-17(15)25-26-18/h3-8H,9,21H2,1-2H3,(H2,22,25). The van der Waals surface area contributed by atoms with Crippen LogP contribution in [-0.4, -0.2) is 26.4 Å². The van der Waals surface area contributed by atoms with Crippen molar-refractivity contribution in [1.29, 1.82) is 0 Å². The Balaban J connectivity index is 1.59.